The SMILES string of the molecule is C[C@H](OC(=O)CCc1cccs1)C(=O)Nc1cccc(S(=O)(=O)N(C)C)c1. The Hall–Kier alpha value is -2.23. The molecule has 1 amide bonds. The molecule has 27 heavy (non-hydrogen) atoms. The molecule has 146 valence electrons. The van der Waals surface area contributed by atoms with Gasteiger partial charge in [-0.25, -0.2) is 12.7 Å². The maximum atomic E-state index is 12.2. The Morgan fingerprint density at radius 1 is 1.22 bits per heavy atom. The molecule has 0 fully saturated rings. The first-order valence-corrected chi connectivity index (χ1v) is 10.6. The van der Waals surface area contributed by atoms with Crippen molar-refractivity contribution >= 4 is 38.9 Å². The third kappa shape index (κ3) is 5.88. The van der Waals surface area contributed by atoms with Crippen LogP contribution in [-0.4, -0.2) is 44.8 Å². The predicted molar refractivity (Wildman–Crippen MR) is 104 cm³/mol. The van der Waals surface area contributed by atoms with Crippen LogP contribution < -0.4 is 5.32 Å². The van der Waals surface area contributed by atoms with E-state index in [1.807, 2.05) is 17.5 Å². The molecule has 0 saturated heterocycles. The van der Waals surface area contributed by atoms with Crippen LogP contribution in [0.15, 0.2) is 46.7 Å². The fourth-order valence-corrected chi connectivity index (χ4v) is 3.84. The molecule has 1 aromatic carbocycles. The molecular weight excluding hydrogens is 388 g/mol. The van der Waals surface area contributed by atoms with Crippen molar-refractivity contribution in [1.29, 1.82) is 0 Å². The lowest BCUT2D eigenvalue weighted by molar-refractivity contribution is -0.153. The summed E-state index contributed by atoms with van der Waals surface area (Å²) < 4.78 is 30.6. The number of anilines is 1. The van der Waals surface area contributed by atoms with Gasteiger partial charge in [0, 0.05) is 24.7 Å². The predicted octanol–water partition coefficient (Wildman–Crippen LogP) is 2.50. The van der Waals surface area contributed by atoms with E-state index in [0.29, 0.717) is 12.1 Å². The number of thiophene rings is 1. The summed E-state index contributed by atoms with van der Waals surface area (Å²) in [5.41, 5.74) is 0.310. The van der Waals surface area contributed by atoms with Crippen molar-refractivity contribution in [2.75, 3.05) is 19.4 Å². The second-order valence-corrected chi connectivity index (χ2v) is 9.20. The number of nitrogens with one attached hydrogen (secondary N) is 1. The number of esters is 1. The summed E-state index contributed by atoms with van der Waals surface area (Å²) in [4.78, 5) is 25.2. The standard InChI is InChI=1S/C18H22N2O5S2/c1-13(25-17(21)10-9-15-7-5-11-26-15)18(22)19-14-6-4-8-16(12-14)27(23,24)20(2)3/h4-8,11-13H,9-10H2,1-3H3,(H,19,22)/t13-/m0/s1. The molecule has 0 spiro atoms. The number of ether oxygens (including phenoxy) is 1. The van der Waals surface area contributed by atoms with E-state index in [2.05, 4.69) is 5.32 Å². The molecule has 0 radical (unpaired) electrons. The first-order chi connectivity index (χ1) is 12.7. The van der Waals surface area contributed by atoms with Gasteiger partial charge in [-0.15, -0.1) is 11.3 Å². The van der Waals surface area contributed by atoms with Gasteiger partial charge in [-0.3, -0.25) is 9.59 Å². The van der Waals surface area contributed by atoms with Gasteiger partial charge in [-0.05, 0) is 43.0 Å². The summed E-state index contributed by atoms with van der Waals surface area (Å²) in [5.74, 6) is -0.992. The average molecular weight is 411 g/mol. The van der Waals surface area contributed by atoms with Crippen molar-refractivity contribution in [3.8, 4) is 0 Å². The lowest BCUT2D eigenvalue weighted by Crippen LogP contribution is -2.30. The molecule has 2 rings (SSSR count). The number of sulfonamides is 1. The molecule has 0 aliphatic rings. The summed E-state index contributed by atoms with van der Waals surface area (Å²) in [6.07, 6.45) is -0.237. The van der Waals surface area contributed by atoms with Gasteiger partial charge in [-0.2, -0.15) is 0 Å². The fraction of sp³-hybridized carbons (Fsp3) is 0.333. The topological polar surface area (TPSA) is 92.8 Å². The lowest BCUT2D eigenvalue weighted by Gasteiger charge is -2.15. The Morgan fingerprint density at radius 2 is 1.96 bits per heavy atom. The van der Waals surface area contributed by atoms with Crippen LogP contribution in [-0.2, 0) is 30.8 Å². The van der Waals surface area contributed by atoms with Gasteiger partial charge in [0.25, 0.3) is 5.91 Å². The summed E-state index contributed by atoms with van der Waals surface area (Å²) in [6, 6.07) is 9.74. The van der Waals surface area contributed by atoms with Crippen LogP contribution in [0.4, 0.5) is 5.69 Å². The van der Waals surface area contributed by atoms with Crippen LogP contribution >= 0.6 is 11.3 Å². The smallest absolute Gasteiger partial charge is 0.306 e. The highest BCUT2D eigenvalue weighted by Gasteiger charge is 2.20. The molecule has 0 unspecified atom stereocenters. The molecule has 0 aliphatic heterocycles. The third-order valence-electron chi connectivity index (χ3n) is 3.71. The number of rotatable bonds is 8. The highest BCUT2D eigenvalue weighted by Crippen LogP contribution is 2.18. The third-order valence-corrected chi connectivity index (χ3v) is 6.46. The maximum Gasteiger partial charge on any atom is 0.306 e. The summed E-state index contributed by atoms with van der Waals surface area (Å²) in [7, 11) is -0.748. The van der Waals surface area contributed by atoms with Gasteiger partial charge in [0.1, 0.15) is 0 Å². The van der Waals surface area contributed by atoms with Crippen molar-refractivity contribution in [1.82, 2.24) is 4.31 Å². The quantitative estimate of drug-likeness (QED) is 0.675. The number of nitrogens with zero attached hydrogens (tertiary/aromatic N) is 1. The first-order valence-electron chi connectivity index (χ1n) is 8.25. The maximum absolute atomic E-state index is 12.2. The van der Waals surface area contributed by atoms with Crippen molar-refractivity contribution in [3.63, 3.8) is 0 Å². The van der Waals surface area contributed by atoms with Crippen LogP contribution in [0, 0.1) is 0 Å². The minimum atomic E-state index is -3.61. The van der Waals surface area contributed by atoms with E-state index in [1.54, 1.807) is 17.4 Å². The fourth-order valence-electron chi connectivity index (χ4n) is 2.18. The number of carbonyl (C=O) groups is 2. The Kier molecular flexibility index (Phi) is 7.11. The molecule has 0 aliphatic carbocycles. The second kappa shape index (κ2) is 9.12. The Balaban J connectivity index is 1.93. The molecule has 1 N–H and O–H groups in total. The normalized spacial score (nSPS) is 12.6. The first kappa shape index (κ1) is 21.1. The van der Waals surface area contributed by atoms with Crippen molar-refractivity contribution in [2.24, 2.45) is 0 Å². The van der Waals surface area contributed by atoms with Crippen molar-refractivity contribution < 1.29 is 22.7 Å². The van der Waals surface area contributed by atoms with Gasteiger partial charge in [0.15, 0.2) is 6.10 Å². The van der Waals surface area contributed by atoms with Gasteiger partial charge in [0.05, 0.1) is 11.3 Å². The molecule has 0 bridgehead atoms. The van der Waals surface area contributed by atoms with Crippen LogP contribution in [0.1, 0.15) is 18.2 Å². The van der Waals surface area contributed by atoms with E-state index in [1.165, 1.54) is 39.2 Å². The van der Waals surface area contributed by atoms with Crippen LogP contribution in [0.2, 0.25) is 0 Å². The highest BCUT2D eigenvalue weighted by atomic mass is 32.2. The number of hydrogen-bond acceptors (Lipinski definition) is 6. The van der Waals surface area contributed by atoms with Gasteiger partial charge >= 0.3 is 5.97 Å². The molecule has 0 saturated carbocycles. The van der Waals surface area contributed by atoms with Gasteiger partial charge in [-0.1, -0.05) is 12.1 Å². The minimum Gasteiger partial charge on any atom is -0.453 e. The average Bonchev–Trinajstić information content (AvgIpc) is 3.13. The second-order valence-electron chi connectivity index (χ2n) is 6.02. The Bertz CT molecular complexity index is 892. The van der Waals surface area contributed by atoms with E-state index < -0.39 is 28.0 Å². The number of aryl methyl sites for hydroxylation is 1. The summed E-state index contributed by atoms with van der Waals surface area (Å²) in [5, 5.41) is 4.50. The lowest BCUT2D eigenvalue weighted by atomic mass is 10.2. The molecule has 1 aromatic heterocycles. The molecular formula is C18H22N2O5S2. The van der Waals surface area contributed by atoms with E-state index in [-0.39, 0.29) is 11.3 Å². The zero-order valence-electron chi connectivity index (χ0n) is 15.3. The van der Waals surface area contributed by atoms with E-state index in [9.17, 15) is 18.0 Å². The molecule has 1 heterocycles. The Morgan fingerprint density at radius 3 is 2.59 bits per heavy atom. The molecule has 9 heteroatoms. The zero-order chi connectivity index (χ0) is 20.0. The zero-order valence-corrected chi connectivity index (χ0v) is 17.0. The largest absolute Gasteiger partial charge is 0.453 e. The number of hydrogen-bond donors (Lipinski definition) is 1. The monoisotopic (exact) mass is 410 g/mol. The minimum absolute atomic E-state index is 0.0610. The van der Waals surface area contributed by atoms with Gasteiger partial charge < -0.3 is 10.1 Å². The number of benzene rings is 1. The van der Waals surface area contributed by atoms with E-state index >= 15 is 0 Å². The number of amides is 1. The van der Waals surface area contributed by atoms with E-state index in [0.717, 1.165) is 9.18 Å². The Labute approximate surface area is 163 Å². The molecule has 7 nitrogen and oxygen atoms in total. The van der Waals surface area contributed by atoms with Crippen molar-refractivity contribution in [3.05, 3.63) is 46.7 Å². The van der Waals surface area contributed by atoms with Crippen LogP contribution in [0.5, 0.6) is 0 Å². The van der Waals surface area contributed by atoms with Gasteiger partial charge in [0.2, 0.25) is 10.0 Å². The van der Waals surface area contributed by atoms with Crippen LogP contribution in [0.25, 0.3) is 0 Å². The van der Waals surface area contributed by atoms with E-state index in [4.69, 9.17) is 4.74 Å². The highest BCUT2D eigenvalue weighted by molar-refractivity contribution is 7.89. The molecule has 1 atom stereocenters. The van der Waals surface area contributed by atoms with Crippen LogP contribution in [0.3, 0.4) is 0 Å². The van der Waals surface area contributed by atoms with Crippen molar-refractivity contribution in [2.45, 2.75) is 30.8 Å². The molecule has 2 aromatic rings. The summed E-state index contributed by atoms with van der Waals surface area (Å²) in [6.45, 7) is 1.47. The number of carbonyl (C=O) groups excluding carboxylic acids is 2. The summed E-state index contributed by atoms with van der Waals surface area (Å²) >= 11 is 1.56.